The van der Waals surface area contributed by atoms with Gasteiger partial charge < -0.3 is 9.15 Å². The van der Waals surface area contributed by atoms with Crippen LogP contribution in [0.1, 0.15) is 41.6 Å². The van der Waals surface area contributed by atoms with E-state index < -0.39 is 5.97 Å². The van der Waals surface area contributed by atoms with E-state index in [1.54, 1.807) is 12.1 Å². The zero-order valence-corrected chi connectivity index (χ0v) is 15.7. The maximum absolute atomic E-state index is 11.8. The second-order valence-corrected chi connectivity index (χ2v) is 7.24. The van der Waals surface area contributed by atoms with E-state index in [1.165, 1.54) is 16.9 Å². The van der Waals surface area contributed by atoms with Gasteiger partial charge in [-0.2, -0.15) is 0 Å². The third kappa shape index (κ3) is 3.94. The number of benzene rings is 1. The van der Waals surface area contributed by atoms with Crippen molar-refractivity contribution in [2.75, 3.05) is 0 Å². The normalized spacial score (nSPS) is 11.0. The Morgan fingerprint density at radius 3 is 2.62 bits per heavy atom. The molecule has 0 saturated carbocycles. The molecule has 4 nitrogen and oxygen atoms in total. The van der Waals surface area contributed by atoms with Crippen molar-refractivity contribution in [2.45, 2.75) is 26.4 Å². The van der Waals surface area contributed by atoms with Gasteiger partial charge in [-0.1, -0.05) is 38.1 Å². The fraction of sp³-hybridized carbons (Fsp3) is 0.222. The number of nitrogens with zero attached hydrogens (tertiary/aromatic N) is 1. The second kappa shape index (κ2) is 7.32. The van der Waals surface area contributed by atoms with Gasteiger partial charge in [-0.25, -0.2) is 9.78 Å². The first-order chi connectivity index (χ1) is 11.5. The summed E-state index contributed by atoms with van der Waals surface area (Å²) in [5.74, 6) is 0.171. The van der Waals surface area contributed by atoms with Gasteiger partial charge >= 0.3 is 5.97 Å². The van der Waals surface area contributed by atoms with Crippen LogP contribution in [0, 0.1) is 0 Å². The fourth-order valence-corrected chi connectivity index (χ4v) is 3.27. The molecule has 24 heavy (non-hydrogen) atoms. The number of hydrogen-bond donors (Lipinski definition) is 0. The Labute approximate surface area is 152 Å². The molecule has 0 spiro atoms. The number of aromatic nitrogens is 1. The van der Waals surface area contributed by atoms with Crippen molar-refractivity contribution in [3.63, 3.8) is 0 Å². The van der Waals surface area contributed by atoms with Gasteiger partial charge in [-0.05, 0) is 39.5 Å². The Hall–Kier alpha value is -1.92. The molecule has 2 aromatic heterocycles. The van der Waals surface area contributed by atoms with Crippen molar-refractivity contribution in [1.29, 1.82) is 0 Å². The molecule has 0 unspecified atom stereocenters. The highest BCUT2D eigenvalue weighted by Crippen LogP contribution is 2.26. The summed E-state index contributed by atoms with van der Waals surface area (Å²) in [4.78, 5) is 16.4. The highest BCUT2D eigenvalue weighted by Gasteiger charge is 2.13. The smallest absolute Gasteiger partial charge is 0.374 e. The molecule has 0 atom stereocenters. The number of carbonyl (C=O) groups excluding carboxylic acids is 1. The molecule has 1 aromatic carbocycles. The summed E-state index contributed by atoms with van der Waals surface area (Å²) in [7, 11) is 0. The van der Waals surface area contributed by atoms with Gasteiger partial charge in [0.1, 0.15) is 11.6 Å². The molecule has 0 aliphatic carbocycles. The van der Waals surface area contributed by atoms with Crippen molar-refractivity contribution in [1.82, 2.24) is 4.98 Å². The first kappa shape index (κ1) is 16.9. The minimum absolute atomic E-state index is 0.123. The molecule has 6 heteroatoms. The van der Waals surface area contributed by atoms with Crippen LogP contribution in [0.2, 0.25) is 0 Å². The quantitative estimate of drug-likeness (QED) is 0.514. The average Bonchev–Trinajstić information content (AvgIpc) is 3.22. The topological polar surface area (TPSA) is 52.3 Å². The summed E-state index contributed by atoms with van der Waals surface area (Å²) in [6, 6.07) is 11.6. The first-order valence-corrected chi connectivity index (χ1v) is 9.17. The van der Waals surface area contributed by atoms with E-state index in [1.807, 2.05) is 5.38 Å². The zero-order chi connectivity index (χ0) is 17.1. The standard InChI is InChI=1S/C18H16BrNO3S/c1-11(2)12-3-5-13(6-4-12)17-20-14(10-24-17)9-22-18(21)15-7-8-16(19)23-15/h3-8,10-11H,9H2,1-2H3. The Balaban J connectivity index is 1.64. The third-order valence-corrected chi connectivity index (χ3v) is 4.87. The van der Waals surface area contributed by atoms with Crippen LogP contribution in [-0.4, -0.2) is 11.0 Å². The monoisotopic (exact) mass is 405 g/mol. The third-order valence-electron chi connectivity index (χ3n) is 3.50. The van der Waals surface area contributed by atoms with Crippen LogP contribution in [0.15, 0.2) is 50.9 Å². The number of esters is 1. The maximum atomic E-state index is 11.8. The maximum Gasteiger partial charge on any atom is 0.374 e. The van der Waals surface area contributed by atoms with Gasteiger partial charge in [0.05, 0.1) is 5.69 Å². The van der Waals surface area contributed by atoms with Crippen molar-refractivity contribution < 1.29 is 13.9 Å². The van der Waals surface area contributed by atoms with Gasteiger partial charge in [0.15, 0.2) is 4.67 Å². The number of hydrogen-bond acceptors (Lipinski definition) is 5. The lowest BCUT2D eigenvalue weighted by atomic mass is 10.0. The Kier molecular flexibility index (Phi) is 5.16. The SMILES string of the molecule is CC(C)c1ccc(-c2nc(COC(=O)c3ccc(Br)o3)cs2)cc1. The van der Waals surface area contributed by atoms with Crippen molar-refractivity contribution in [3.8, 4) is 10.6 Å². The summed E-state index contributed by atoms with van der Waals surface area (Å²) in [6.45, 7) is 4.46. The van der Waals surface area contributed by atoms with Gasteiger partial charge in [-0.3, -0.25) is 0 Å². The summed E-state index contributed by atoms with van der Waals surface area (Å²) in [5, 5.41) is 2.81. The van der Waals surface area contributed by atoms with Crippen molar-refractivity contribution in [2.24, 2.45) is 0 Å². The Morgan fingerprint density at radius 2 is 2.00 bits per heavy atom. The first-order valence-electron chi connectivity index (χ1n) is 7.50. The lowest BCUT2D eigenvalue weighted by molar-refractivity contribution is 0.0430. The molecule has 0 bridgehead atoms. The van der Waals surface area contributed by atoms with Gasteiger partial charge in [0.2, 0.25) is 5.76 Å². The number of carbonyl (C=O) groups is 1. The zero-order valence-electron chi connectivity index (χ0n) is 13.3. The molecule has 124 valence electrons. The molecule has 3 rings (SSSR count). The highest BCUT2D eigenvalue weighted by molar-refractivity contribution is 9.10. The fourth-order valence-electron chi connectivity index (χ4n) is 2.15. The van der Waals surface area contributed by atoms with Crippen LogP contribution in [0.25, 0.3) is 10.6 Å². The van der Waals surface area contributed by atoms with Crippen LogP contribution in [0.4, 0.5) is 0 Å². The lowest BCUT2D eigenvalue weighted by Crippen LogP contribution is -2.04. The molecule has 3 aromatic rings. The van der Waals surface area contributed by atoms with E-state index in [9.17, 15) is 4.79 Å². The summed E-state index contributed by atoms with van der Waals surface area (Å²) in [5.41, 5.74) is 3.09. The van der Waals surface area contributed by atoms with Crippen LogP contribution in [0.3, 0.4) is 0 Å². The molecule has 0 N–H and O–H groups in total. The summed E-state index contributed by atoms with van der Waals surface area (Å²) in [6.07, 6.45) is 0. The molecular weight excluding hydrogens is 390 g/mol. The summed E-state index contributed by atoms with van der Waals surface area (Å²) < 4.78 is 10.9. The van der Waals surface area contributed by atoms with E-state index in [2.05, 4.69) is 59.0 Å². The number of ether oxygens (including phenoxy) is 1. The number of thiazole rings is 1. The van der Waals surface area contributed by atoms with Crippen LogP contribution >= 0.6 is 27.3 Å². The predicted molar refractivity (Wildman–Crippen MR) is 97.2 cm³/mol. The minimum Gasteiger partial charge on any atom is -0.453 e. The molecule has 0 saturated heterocycles. The van der Waals surface area contributed by atoms with E-state index in [-0.39, 0.29) is 12.4 Å². The van der Waals surface area contributed by atoms with Gasteiger partial charge in [-0.15, -0.1) is 11.3 Å². The Morgan fingerprint density at radius 1 is 1.25 bits per heavy atom. The molecular formula is C18H16BrNO3S. The van der Waals surface area contributed by atoms with E-state index in [0.29, 0.717) is 10.6 Å². The largest absolute Gasteiger partial charge is 0.453 e. The van der Waals surface area contributed by atoms with Gasteiger partial charge in [0, 0.05) is 10.9 Å². The van der Waals surface area contributed by atoms with Crippen molar-refractivity contribution >= 4 is 33.2 Å². The summed E-state index contributed by atoms with van der Waals surface area (Å²) >= 11 is 4.69. The van der Waals surface area contributed by atoms with E-state index in [0.717, 1.165) is 16.3 Å². The predicted octanol–water partition coefficient (Wildman–Crippen LogP) is 5.65. The van der Waals surface area contributed by atoms with E-state index in [4.69, 9.17) is 9.15 Å². The molecule has 0 fully saturated rings. The molecule has 2 heterocycles. The highest BCUT2D eigenvalue weighted by atomic mass is 79.9. The minimum atomic E-state index is -0.503. The van der Waals surface area contributed by atoms with Crippen LogP contribution < -0.4 is 0 Å². The van der Waals surface area contributed by atoms with Crippen LogP contribution in [0.5, 0.6) is 0 Å². The number of furan rings is 1. The average molecular weight is 406 g/mol. The number of rotatable bonds is 5. The number of halogens is 1. The van der Waals surface area contributed by atoms with Crippen molar-refractivity contribution in [3.05, 3.63) is 63.5 Å². The lowest BCUT2D eigenvalue weighted by Gasteiger charge is -2.05. The second-order valence-electron chi connectivity index (χ2n) is 5.60. The molecule has 0 aliphatic heterocycles. The Bertz CT molecular complexity index is 836. The molecule has 0 aliphatic rings. The molecule has 0 radical (unpaired) electrons. The van der Waals surface area contributed by atoms with Crippen LogP contribution in [-0.2, 0) is 11.3 Å². The molecule has 0 amide bonds. The van der Waals surface area contributed by atoms with E-state index >= 15 is 0 Å². The van der Waals surface area contributed by atoms with Gasteiger partial charge in [0.25, 0.3) is 0 Å².